The second-order valence-corrected chi connectivity index (χ2v) is 7.14. The number of nitrogens with zero attached hydrogens (tertiary/aromatic N) is 6. The third-order valence-corrected chi connectivity index (χ3v) is 5.04. The molecule has 0 saturated carbocycles. The minimum absolute atomic E-state index is 0.0871. The Kier molecular flexibility index (Phi) is 6.71. The zero-order chi connectivity index (χ0) is 21.0. The van der Waals surface area contributed by atoms with Crippen LogP contribution in [0, 0.1) is 18.6 Å². The molecule has 0 atom stereocenters. The molecule has 0 amide bonds. The molecule has 0 spiro atoms. The van der Waals surface area contributed by atoms with E-state index < -0.39 is 11.6 Å². The Morgan fingerprint density at radius 1 is 1.10 bits per heavy atom. The second-order valence-electron chi connectivity index (χ2n) is 7.14. The van der Waals surface area contributed by atoms with E-state index in [1.165, 1.54) is 11.0 Å². The van der Waals surface area contributed by atoms with Crippen LogP contribution in [0.15, 0.2) is 29.3 Å². The SMILES string of the molecule is CCN1CCN(Cc2cc(C)nc(N=C(N)N(C)c3ccc(F)c(F)c3)n2)CC1. The summed E-state index contributed by atoms with van der Waals surface area (Å²) in [7, 11) is 1.62. The van der Waals surface area contributed by atoms with Crippen molar-refractivity contribution in [3.05, 3.63) is 47.3 Å². The van der Waals surface area contributed by atoms with Crippen molar-refractivity contribution < 1.29 is 8.78 Å². The fourth-order valence-corrected chi connectivity index (χ4v) is 3.24. The summed E-state index contributed by atoms with van der Waals surface area (Å²) in [5.74, 6) is -1.52. The topological polar surface area (TPSA) is 73.9 Å². The fourth-order valence-electron chi connectivity index (χ4n) is 3.24. The molecule has 1 aromatic heterocycles. The number of rotatable bonds is 5. The normalized spacial score (nSPS) is 16.2. The first-order valence-electron chi connectivity index (χ1n) is 9.68. The molecule has 3 rings (SSSR count). The summed E-state index contributed by atoms with van der Waals surface area (Å²) in [6.45, 7) is 9.96. The molecule has 1 saturated heterocycles. The van der Waals surface area contributed by atoms with E-state index >= 15 is 0 Å². The lowest BCUT2D eigenvalue weighted by atomic mass is 10.2. The van der Waals surface area contributed by atoms with Gasteiger partial charge in [0.2, 0.25) is 5.96 Å². The second kappa shape index (κ2) is 9.23. The van der Waals surface area contributed by atoms with Crippen molar-refractivity contribution in [1.29, 1.82) is 0 Å². The summed E-state index contributed by atoms with van der Waals surface area (Å²) in [6, 6.07) is 5.49. The molecule has 9 heteroatoms. The monoisotopic (exact) mass is 403 g/mol. The first kappa shape index (κ1) is 21.1. The molecule has 0 unspecified atom stereocenters. The third-order valence-electron chi connectivity index (χ3n) is 5.04. The molecule has 1 aliphatic heterocycles. The van der Waals surface area contributed by atoms with Gasteiger partial charge in [-0.25, -0.2) is 18.7 Å². The number of aryl methyl sites for hydroxylation is 1. The van der Waals surface area contributed by atoms with E-state index in [1.54, 1.807) is 7.05 Å². The van der Waals surface area contributed by atoms with Crippen LogP contribution in [0.1, 0.15) is 18.3 Å². The van der Waals surface area contributed by atoms with E-state index in [1.807, 2.05) is 13.0 Å². The van der Waals surface area contributed by atoms with Gasteiger partial charge < -0.3 is 15.5 Å². The minimum Gasteiger partial charge on any atom is -0.369 e. The van der Waals surface area contributed by atoms with Crippen molar-refractivity contribution in [2.24, 2.45) is 10.7 Å². The molecule has 156 valence electrons. The number of anilines is 1. The van der Waals surface area contributed by atoms with Gasteiger partial charge in [0.1, 0.15) is 0 Å². The Morgan fingerprint density at radius 2 is 1.79 bits per heavy atom. The molecule has 2 N–H and O–H groups in total. The zero-order valence-electron chi connectivity index (χ0n) is 17.1. The maximum absolute atomic E-state index is 13.5. The lowest BCUT2D eigenvalue weighted by molar-refractivity contribution is 0.131. The predicted molar refractivity (Wildman–Crippen MR) is 110 cm³/mol. The highest BCUT2D eigenvalue weighted by Crippen LogP contribution is 2.18. The molecule has 1 aromatic carbocycles. The van der Waals surface area contributed by atoms with Crippen LogP contribution in [0.2, 0.25) is 0 Å². The number of benzene rings is 1. The van der Waals surface area contributed by atoms with E-state index in [4.69, 9.17) is 5.73 Å². The summed E-state index contributed by atoms with van der Waals surface area (Å²) in [6.07, 6.45) is 0. The number of halogens is 2. The number of aromatic nitrogens is 2. The largest absolute Gasteiger partial charge is 0.369 e. The molecule has 29 heavy (non-hydrogen) atoms. The summed E-state index contributed by atoms with van der Waals surface area (Å²) in [5, 5.41) is 0. The quantitative estimate of drug-likeness (QED) is 0.610. The standard InChI is InChI=1S/C20H27F2N7/c1-4-28-7-9-29(10-8-28)13-15-11-14(2)24-20(25-15)26-19(23)27(3)16-5-6-17(21)18(22)12-16/h5-6,11-12H,4,7-10,13H2,1-3H3,(H2,23,24,25,26). The molecule has 1 aliphatic rings. The molecular formula is C20H27F2N7. The number of piperazine rings is 1. The molecule has 7 nitrogen and oxygen atoms in total. The predicted octanol–water partition coefficient (Wildman–Crippen LogP) is 2.28. The van der Waals surface area contributed by atoms with Gasteiger partial charge in [-0.3, -0.25) is 4.90 Å². The van der Waals surface area contributed by atoms with Crippen molar-refractivity contribution in [2.45, 2.75) is 20.4 Å². The van der Waals surface area contributed by atoms with Crippen LogP contribution in [0.3, 0.4) is 0 Å². The number of likely N-dealkylation sites (N-methyl/N-ethyl adjacent to an activating group) is 1. The number of hydrogen-bond acceptors (Lipinski definition) is 5. The Bertz CT molecular complexity index is 879. The van der Waals surface area contributed by atoms with Crippen LogP contribution in [-0.2, 0) is 6.54 Å². The Balaban J connectivity index is 1.73. The van der Waals surface area contributed by atoms with E-state index in [0.717, 1.165) is 62.8 Å². The van der Waals surface area contributed by atoms with Crippen LogP contribution < -0.4 is 10.6 Å². The van der Waals surface area contributed by atoms with Gasteiger partial charge in [0, 0.05) is 57.2 Å². The van der Waals surface area contributed by atoms with Gasteiger partial charge in [0.15, 0.2) is 11.6 Å². The van der Waals surface area contributed by atoms with Gasteiger partial charge in [-0.1, -0.05) is 6.92 Å². The summed E-state index contributed by atoms with van der Waals surface area (Å²) in [4.78, 5) is 19.4. The van der Waals surface area contributed by atoms with E-state index in [9.17, 15) is 8.78 Å². The average molecular weight is 403 g/mol. The molecule has 1 fully saturated rings. The van der Waals surface area contributed by atoms with Gasteiger partial charge in [0.05, 0.1) is 5.69 Å². The Hall–Kier alpha value is -2.65. The first-order valence-corrected chi connectivity index (χ1v) is 9.68. The van der Waals surface area contributed by atoms with E-state index in [0.29, 0.717) is 5.69 Å². The lowest BCUT2D eigenvalue weighted by Crippen LogP contribution is -2.45. The van der Waals surface area contributed by atoms with Crippen LogP contribution in [0.5, 0.6) is 0 Å². The zero-order valence-corrected chi connectivity index (χ0v) is 17.1. The fraction of sp³-hybridized carbons (Fsp3) is 0.450. The average Bonchev–Trinajstić information content (AvgIpc) is 2.69. The molecule has 2 heterocycles. The number of guanidine groups is 1. The van der Waals surface area contributed by atoms with Gasteiger partial charge in [0.25, 0.3) is 5.95 Å². The van der Waals surface area contributed by atoms with Crippen molar-refractivity contribution in [1.82, 2.24) is 19.8 Å². The van der Waals surface area contributed by atoms with Gasteiger partial charge in [-0.15, -0.1) is 0 Å². The molecule has 0 bridgehead atoms. The number of aliphatic imine (C=N–C) groups is 1. The summed E-state index contributed by atoms with van der Waals surface area (Å²) >= 11 is 0. The van der Waals surface area contributed by atoms with Crippen LogP contribution in [-0.4, -0.2) is 65.5 Å². The summed E-state index contributed by atoms with van der Waals surface area (Å²) < 4.78 is 26.6. The third kappa shape index (κ3) is 5.45. The smallest absolute Gasteiger partial charge is 0.253 e. The first-order chi connectivity index (χ1) is 13.9. The highest BCUT2D eigenvalue weighted by atomic mass is 19.2. The van der Waals surface area contributed by atoms with E-state index in [-0.39, 0.29) is 11.9 Å². The number of nitrogens with two attached hydrogens (primary N) is 1. The minimum atomic E-state index is -0.945. The summed E-state index contributed by atoms with van der Waals surface area (Å²) in [5.41, 5.74) is 8.10. The highest BCUT2D eigenvalue weighted by Gasteiger charge is 2.17. The van der Waals surface area contributed by atoms with Gasteiger partial charge >= 0.3 is 0 Å². The van der Waals surface area contributed by atoms with Crippen molar-refractivity contribution >= 4 is 17.6 Å². The van der Waals surface area contributed by atoms with Gasteiger partial charge in [-0.2, -0.15) is 4.99 Å². The van der Waals surface area contributed by atoms with Crippen molar-refractivity contribution in [3.63, 3.8) is 0 Å². The maximum atomic E-state index is 13.5. The molecule has 0 aliphatic carbocycles. The Morgan fingerprint density at radius 3 is 2.45 bits per heavy atom. The van der Waals surface area contributed by atoms with Crippen molar-refractivity contribution in [3.8, 4) is 0 Å². The maximum Gasteiger partial charge on any atom is 0.253 e. The van der Waals surface area contributed by atoms with Crippen LogP contribution in [0.25, 0.3) is 0 Å². The number of hydrogen-bond donors (Lipinski definition) is 1. The lowest BCUT2D eigenvalue weighted by Gasteiger charge is -2.33. The highest BCUT2D eigenvalue weighted by molar-refractivity contribution is 5.95. The van der Waals surface area contributed by atoms with Crippen molar-refractivity contribution in [2.75, 3.05) is 44.7 Å². The Labute approximate surface area is 169 Å². The van der Waals surface area contributed by atoms with E-state index in [2.05, 4.69) is 31.7 Å². The van der Waals surface area contributed by atoms with Gasteiger partial charge in [-0.05, 0) is 31.7 Å². The molecule has 0 radical (unpaired) electrons. The van der Waals surface area contributed by atoms with Crippen LogP contribution in [0.4, 0.5) is 20.4 Å². The van der Waals surface area contributed by atoms with Crippen LogP contribution >= 0.6 is 0 Å². The molecule has 2 aromatic rings. The molecular weight excluding hydrogens is 376 g/mol.